The molecule has 7 heteroatoms. The second kappa shape index (κ2) is 8.57. The second-order valence-corrected chi connectivity index (χ2v) is 8.18. The van der Waals surface area contributed by atoms with E-state index in [0.29, 0.717) is 0 Å². The Morgan fingerprint density at radius 2 is 1.52 bits per heavy atom. The van der Waals surface area contributed by atoms with E-state index in [2.05, 4.69) is 0 Å². The third-order valence-electron chi connectivity index (χ3n) is 4.84. The Hall–Kier alpha value is -3.71. The van der Waals surface area contributed by atoms with E-state index in [0.717, 1.165) is 32.9 Å². The topological polar surface area (TPSA) is 70.7 Å². The van der Waals surface area contributed by atoms with Gasteiger partial charge in [-0.3, -0.25) is 9.69 Å². The van der Waals surface area contributed by atoms with Crippen molar-refractivity contribution in [2.75, 3.05) is 23.9 Å². The molecule has 31 heavy (non-hydrogen) atoms. The van der Waals surface area contributed by atoms with Gasteiger partial charge in [-0.2, -0.15) is 4.57 Å². The van der Waals surface area contributed by atoms with Crippen LogP contribution in [0.4, 0.5) is 17.1 Å². The minimum absolute atomic E-state index is 0.226. The van der Waals surface area contributed by atoms with Crippen molar-refractivity contribution in [1.29, 1.82) is 0 Å². The lowest BCUT2D eigenvalue weighted by Crippen LogP contribution is -2.42. The van der Waals surface area contributed by atoms with Crippen LogP contribution >= 0.6 is 11.8 Å². The van der Waals surface area contributed by atoms with Gasteiger partial charge in [0.25, 0.3) is 5.70 Å². The number of carbonyl (C=O) groups excluding carboxylic acids is 1. The fourth-order valence-corrected chi connectivity index (χ4v) is 4.39. The van der Waals surface area contributed by atoms with Crippen molar-refractivity contribution in [1.82, 2.24) is 0 Å². The van der Waals surface area contributed by atoms with E-state index in [9.17, 15) is 15.0 Å². The standard InChI is InChI=1S/C24H21N3O3S/c1-25(2)17-13-15-26(16-14-17)20(11-12-23(28)29)24(30)27-18-7-3-5-9-21(18)31-22-10-6-4-8-19(22)27/h3-16H,1-2H3,(H-,28,29,30). The first-order valence-electron chi connectivity index (χ1n) is 9.63. The highest BCUT2D eigenvalue weighted by Gasteiger charge is 2.33. The molecular formula is C24H21N3O3S. The normalized spacial score (nSPS) is 13.4. The molecule has 0 bridgehead atoms. The summed E-state index contributed by atoms with van der Waals surface area (Å²) in [6.45, 7) is 0. The maximum atomic E-state index is 13.9. The minimum atomic E-state index is -1.12. The van der Waals surface area contributed by atoms with E-state index in [1.54, 1.807) is 33.6 Å². The van der Waals surface area contributed by atoms with Gasteiger partial charge in [-0.25, -0.2) is 0 Å². The van der Waals surface area contributed by atoms with E-state index in [-0.39, 0.29) is 11.6 Å². The molecule has 0 unspecified atom stereocenters. The van der Waals surface area contributed by atoms with Gasteiger partial charge in [-0.1, -0.05) is 36.0 Å². The van der Waals surface area contributed by atoms with E-state index in [1.807, 2.05) is 79.7 Å². The van der Waals surface area contributed by atoms with Gasteiger partial charge >= 0.3 is 5.91 Å². The molecule has 2 aromatic carbocycles. The van der Waals surface area contributed by atoms with Crippen LogP contribution in [0.2, 0.25) is 0 Å². The van der Waals surface area contributed by atoms with Gasteiger partial charge in [0.2, 0.25) is 0 Å². The molecule has 0 aliphatic carbocycles. The molecule has 1 amide bonds. The monoisotopic (exact) mass is 431 g/mol. The van der Waals surface area contributed by atoms with Crippen LogP contribution in [-0.4, -0.2) is 25.1 Å². The van der Waals surface area contributed by atoms with Gasteiger partial charge in [0.05, 0.1) is 11.4 Å². The lowest BCUT2D eigenvalue weighted by atomic mass is 10.2. The fraction of sp³-hybridized carbons (Fsp3) is 0.0833. The number of pyridine rings is 1. The van der Waals surface area contributed by atoms with Crippen molar-refractivity contribution < 1.29 is 19.6 Å². The molecule has 1 aliphatic heterocycles. The fourth-order valence-electron chi connectivity index (χ4n) is 3.33. The number of allylic oxidation sites excluding steroid dienone is 2. The summed E-state index contributed by atoms with van der Waals surface area (Å²) >= 11 is 1.61. The van der Waals surface area contributed by atoms with Crippen molar-refractivity contribution in [3.63, 3.8) is 0 Å². The van der Waals surface area contributed by atoms with E-state index in [4.69, 9.17) is 0 Å². The van der Waals surface area contributed by atoms with Crippen LogP contribution in [0, 0.1) is 0 Å². The Kier molecular flexibility index (Phi) is 5.68. The number of hydrogen-bond donors (Lipinski definition) is 1. The Labute approximate surface area is 185 Å². The molecule has 4 rings (SSSR count). The number of fused-ring (bicyclic) bond motifs is 2. The van der Waals surface area contributed by atoms with Gasteiger partial charge in [0.1, 0.15) is 0 Å². The van der Waals surface area contributed by atoms with Gasteiger partial charge in [-0.15, -0.1) is 0 Å². The first kappa shape index (κ1) is 20.6. The Morgan fingerprint density at radius 1 is 0.968 bits per heavy atom. The highest BCUT2D eigenvalue weighted by Crippen LogP contribution is 2.48. The number of hydrogen-bond acceptors (Lipinski definition) is 5. The van der Waals surface area contributed by atoms with Gasteiger partial charge < -0.3 is 15.1 Å². The number of rotatable bonds is 4. The van der Waals surface area contributed by atoms with Crippen molar-refractivity contribution in [3.8, 4) is 0 Å². The number of carbonyl (C=O) groups is 1. The smallest absolute Gasteiger partial charge is 0.328 e. The predicted octanol–water partition coefficient (Wildman–Crippen LogP) is 3.47. The highest BCUT2D eigenvalue weighted by molar-refractivity contribution is 7.99. The maximum absolute atomic E-state index is 13.9. The lowest BCUT2D eigenvalue weighted by Gasteiger charge is -2.30. The zero-order valence-electron chi connectivity index (χ0n) is 17.1. The van der Waals surface area contributed by atoms with E-state index < -0.39 is 5.95 Å². The number of anilines is 3. The number of benzene rings is 2. The second-order valence-electron chi connectivity index (χ2n) is 7.09. The van der Waals surface area contributed by atoms with Crippen LogP contribution < -0.4 is 19.5 Å². The van der Waals surface area contributed by atoms with Gasteiger partial charge in [0.15, 0.2) is 12.4 Å². The first-order chi connectivity index (χ1) is 15.0. The van der Waals surface area contributed by atoms with Crippen LogP contribution in [-0.2, 0) is 4.79 Å². The summed E-state index contributed by atoms with van der Waals surface area (Å²) in [5.41, 5.74) is 2.73. The SMILES string of the molecule is CN(C)c1cc[n+](/C(=C\C=C(/[O-])O)C(=O)N2c3ccccc3Sc3ccccc32)cc1. The molecule has 1 aromatic heterocycles. The molecule has 0 radical (unpaired) electrons. The van der Waals surface area contributed by atoms with Crippen LogP contribution in [0.15, 0.2) is 101 Å². The largest absolute Gasteiger partial charge is 0.629 e. The molecule has 1 aliphatic rings. The van der Waals surface area contributed by atoms with Gasteiger partial charge in [0, 0.05) is 53.7 Å². The van der Waals surface area contributed by atoms with Crippen LogP contribution in [0.3, 0.4) is 0 Å². The van der Waals surface area contributed by atoms with Gasteiger partial charge in [-0.05, 0) is 30.3 Å². The van der Waals surface area contributed by atoms with Crippen LogP contribution in [0.25, 0.3) is 5.70 Å². The number of amides is 1. The molecule has 0 saturated heterocycles. The molecule has 0 saturated carbocycles. The number of aliphatic hydroxyl groups excluding tert-OH is 1. The van der Waals surface area contributed by atoms with Crippen LogP contribution in [0.1, 0.15) is 0 Å². The summed E-state index contributed by atoms with van der Waals surface area (Å²) in [6.07, 6.45) is 5.83. The molecule has 0 fully saturated rings. The molecule has 3 aromatic rings. The van der Waals surface area contributed by atoms with Crippen LogP contribution in [0.5, 0.6) is 0 Å². The molecule has 6 nitrogen and oxygen atoms in total. The molecule has 156 valence electrons. The summed E-state index contributed by atoms with van der Waals surface area (Å²) in [6, 6.07) is 19.1. The number of nitrogens with zero attached hydrogens (tertiary/aromatic N) is 3. The summed E-state index contributed by atoms with van der Waals surface area (Å²) in [5, 5.41) is 20.4. The maximum Gasteiger partial charge on any atom is 0.328 e. The molecule has 2 heterocycles. The molecule has 0 spiro atoms. The Bertz CT molecular complexity index is 1140. The van der Waals surface area contributed by atoms with E-state index >= 15 is 0 Å². The average molecular weight is 432 g/mol. The highest BCUT2D eigenvalue weighted by atomic mass is 32.2. The quantitative estimate of drug-likeness (QED) is 0.296. The summed E-state index contributed by atoms with van der Waals surface area (Å²) < 4.78 is 1.64. The summed E-state index contributed by atoms with van der Waals surface area (Å²) in [5.74, 6) is -1.44. The van der Waals surface area contributed by atoms with Crippen molar-refractivity contribution >= 4 is 40.4 Å². The Morgan fingerprint density at radius 3 is 2.03 bits per heavy atom. The zero-order valence-corrected chi connectivity index (χ0v) is 17.9. The van der Waals surface area contributed by atoms with Crippen molar-refractivity contribution in [2.24, 2.45) is 0 Å². The van der Waals surface area contributed by atoms with E-state index in [1.165, 1.54) is 6.08 Å². The summed E-state index contributed by atoms with van der Waals surface area (Å²) in [7, 11) is 3.86. The first-order valence-corrected chi connectivity index (χ1v) is 10.4. The zero-order chi connectivity index (χ0) is 22.0. The molecule has 1 N–H and O–H groups in total. The number of aromatic nitrogens is 1. The average Bonchev–Trinajstić information content (AvgIpc) is 2.77. The number of para-hydroxylation sites is 2. The molecular weight excluding hydrogens is 410 g/mol. The lowest BCUT2D eigenvalue weighted by molar-refractivity contribution is -0.577. The minimum Gasteiger partial charge on any atom is -0.629 e. The molecule has 0 atom stereocenters. The van der Waals surface area contributed by atoms with Crippen molar-refractivity contribution in [3.05, 3.63) is 91.2 Å². The Balaban J connectivity index is 1.85. The predicted molar refractivity (Wildman–Crippen MR) is 120 cm³/mol. The summed E-state index contributed by atoms with van der Waals surface area (Å²) in [4.78, 5) is 19.4. The third kappa shape index (κ3) is 4.13. The van der Waals surface area contributed by atoms with Crippen molar-refractivity contribution in [2.45, 2.75) is 9.79 Å². The number of aliphatic hydroxyl groups is 1. The third-order valence-corrected chi connectivity index (χ3v) is 5.97.